The third-order valence-electron chi connectivity index (χ3n) is 5.11. The van der Waals surface area contributed by atoms with E-state index in [-0.39, 0.29) is 30.4 Å². The molecule has 1 atom stereocenters. The van der Waals surface area contributed by atoms with Crippen LogP contribution in [0.5, 0.6) is 0 Å². The molecule has 3 aromatic rings. The molecular formula is C21H26F2N6OS. The largest absolute Gasteiger partial charge is 0.405 e. The number of aryl methyl sites for hydroxylation is 1. The summed E-state index contributed by atoms with van der Waals surface area (Å²) in [6.07, 6.45) is 7.43. The van der Waals surface area contributed by atoms with Crippen LogP contribution in [0, 0.1) is 5.92 Å². The van der Waals surface area contributed by atoms with E-state index in [0.29, 0.717) is 35.8 Å². The highest BCUT2D eigenvalue weighted by Gasteiger charge is 2.20. The first-order chi connectivity index (χ1) is 14.9. The fourth-order valence-electron chi connectivity index (χ4n) is 3.38. The van der Waals surface area contributed by atoms with E-state index in [1.807, 2.05) is 6.92 Å². The third kappa shape index (κ3) is 4.73. The van der Waals surface area contributed by atoms with Crippen LogP contribution in [0.4, 0.5) is 8.78 Å². The van der Waals surface area contributed by atoms with Crippen molar-refractivity contribution in [2.24, 2.45) is 23.7 Å². The van der Waals surface area contributed by atoms with Crippen molar-refractivity contribution < 1.29 is 8.78 Å². The first-order valence-corrected chi connectivity index (χ1v) is 10.8. The Bertz CT molecular complexity index is 1220. The number of nitrogens with zero attached hydrogens (tertiary/aromatic N) is 5. The first-order valence-electron chi connectivity index (χ1n) is 9.99. The van der Waals surface area contributed by atoms with Gasteiger partial charge in [-0.15, -0.1) is 11.3 Å². The monoisotopic (exact) mass is 448 g/mol. The Morgan fingerprint density at radius 1 is 1.45 bits per heavy atom. The van der Waals surface area contributed by atoms with E-state index in [1.54, 1.807) is 23.9 Å². The highest BCUT2D eigenvalue weighted by Crippen LogP contribution is 2.32. The van der Waals surface area contributed by atoms with Crippen molar-refractivity contribution in [3.63, 3.8) is 0 Å². The number of allylic oxidation sites excluding steroid dienone is 3. The molecule has 3 aromatic heterocycles. The number of rotatable bonds is 9. The molecule has 10 heteroatoms. The lowest BCUT2D eigenvalue weighted by molar-refractivity contribution is 0.402. The molecular weight excluding hydrogens is 422 g/mol. The summed E-state index contributed by atoms with van der Waals surface area (Å²) in [6, 6.07) is 0. The zero-order valence-corrected chi connectivity index (χ0v) is 18.6. The van der Waals surface area contributed by atoms with Gasteiger partial charge in [-0.1, -0.05) is 13.0 Å². The van der Waals surface area contributed by atoms with Gasteiger partial charge in [-0.05, 0) is 31.0 Å². The van der Waals surface area contributed by atoms with Gasteiger partial charge >= 0.3 is 0 Å². The Hall–Kier alpha value is -2.88. The molecule has 0 aromatic carbocycles. The smallest absolute Gasteiger partial charge is 0.291 e. The molecule has 0 bridgehead atoms. The van der Waals surface area contributed by atoms with Gasteiger partial charge < -0.3 is 10.3 Å². The molecule has 0 aliphatic carbocycles. The zero-order chi connectivity index (χ0) is 22.5. The molecule has 31 heavy (non-hydrogen) atoms. The summed E-state index contributed by atoms with van der Waals surface area (Å²) in [6.45, 7) is 1.57. The molecule has 0 aliphatic heterocycles. The second-order valence-electron chi connectivity index (χ2n) is 7.36. The van der Waals surface area contributed by atoms with Crippen molar-refractivity contribution >= 4 is 38.3 Å². The van der Waals surface area contributed by atoms with Crippen LogP contribution in [0.15, 0.2) is 40.2 Å². The maximum atomic E-state index is 14.4. The van der Waals surface area contributed by atoms with Gasteiger partial charge in [-0.25, -0.2) is 14.1 Å². The van der Waals surface area contributed by atoms with Gasteiger partial charge in [0.1, 0.15) is 11.3 Å². The molecule has 7 nitrogen and oxygen atoms in total. The van der Waals surface area contributed by atoms with Gasteiger partial charge in [0, 0.05) is 25.9 Å². The number of alkyl halides is 1. The summed E-state index contributed by atoms with van der Waals surface area (Å²) in [5.41, 5.74) is 6.20. The van der Waals surface area contributed by atoms with Crippen LogP contribution in [0.3, 0.4) is 0 Å². The number of thiazole rings is 1. The number of hydrogen-bond acceptors (Lipinski definition) is 6. The number of fused-ring (bicyclic) bond motifs is 3. The first kappa shape index (κ1) is 22.8. The normalized spacial score (nSPS) is 14.4. The lowest BCUT2D eigenvalue weighted by Gasteiger charge is -2.07. The fraction of sp³-hybridized carbons (Fsp3) is 0.429. The maximum Gasteiger partial charge on any atom is 0.291 e. The van der Waals surface area contributed by atoms with Gasteiger partial charge in [0.05, 0.1) is 34.8 Å². The second-order valence-corrected chi connectivity index (χ2v) is 8.45. The van der Waals surface area contributed by atoms with E-state index >= 15 is 0 Å². The van der Waals surface area contributed by atoms with Crippen molar-refractivity contribution in [3.05, 3.63) is 45.7 Å². The van der Waals surface area contributed by atoms with E-state index in [2.05, 4.69) is 15.1 Å². The average Bonchev–Trinajstić information content (AvgIpc) is 3.26. The van der Waals surface area contributed by atoms with Gasteiger partial charge in [0.15, 0.2) is 5.65 Å². The SMILES string of the molecule is CN=C(Cn1ncc2c3sc(CC(C)CCF)nc3n(C)c2c1=O)/C(F)=C\C/C=C/N. The molecule has 3 heterocycles. The van der Waals surface area contributed by atoms with Gasteiger partial charge in [0.25, 0.3) is 5.56 Å². The zero-order valence-electron chi connectivity index (χ0n) is 17.8. The number of nitrogens with two attached hydrogens (primary N) is 1. The average molecular weight is 449 g/mol. The third-order valence-corrected chi connectivity index (χ3v) is 6.21. The Morgan fingerprint density at radius 3 is 2.90 bits per heavy atom. The Labute approximate surface area is 182 Å². The minimum absolute atomic E-state index is 0.0851. The summed E-state index contributed by atoms with van der Waals surface area (Å²) in [7, 11) is 3.25. The Morgan fingerprint density at radius 2 is 2.23 bits per heavy atom. The van der Waals surface area contributed by atoms with Crippen LogP contribution >= 0.6 is 11.3 Å². The van der Waals surface area contributed by atoms with Crippen molar-refractivity contribution in [1.29, 1.82) is 0 Å². The molecule has 2 N–H and O–H groups in total. The Balaban J connectivity index is 1.96. The molecule has 1 unspecified atom stereocenters. The summed E-state index contributed by atoms with van der Waals surface area (Å²) >= 11 is 1.50. The topological polar surface area (TPSA) is 91.1 Å². The van der Waals surface area contributed by atoms with Crippen molar-refractivity contribution in [2.75, 3.05) is 13.7 Å². The minimum Gasteiger partial charge on any atom is -0.405 e. The summed E-state index contributed by atoms with van der Waals surface area (Å²) < 4.78 is 30.8. The highest BCUT2D eigenvalue weighted by molar-refractivity contribution is 7.19. The second kappa shape index (κ2) is 9.95. The number of hydrogen-bond donors (Lipinski definition) is 1. The standard InChI is InChI=1S/C21H26F2N6OS/c1-13(7-8-22)10-17-27-20-19(31-17)14-11-26-29(21(30)18(14)28(20)3)12-16(25-2)15(23)6-4-5-9-24/h5-6,9,11,13H,4,7-8,10,12,24H2,1-3H3/b9-5+,15-6+,25-16?. The molecule has 0 spiro atoms. The number of aliphatic imine (C=N–C) groups is 1. The minimum atomic E-state index is -0.518. The molecule has 0 saturated heterocycles. The van der Waals surface area contributed by atoms with Crippen LogP contribution in [0.2, 0.25) is 0 Å². The van der Waals surface area contributed by atoms with E-state index < -0.39 is 5.83 Å². The fourth-order valence-corrected chi connectivity index (χ4v) is 4.65. The quantitative estimate of drug-likeness (QED) is 0.506. The molecule has 0 fully saturated rings. The molecule has 0 amide bonds. The van der Waals surface area contributed by atoms with Crippen molar-refractivity contribution in [2.45, 2.75) is 32.7 Å². The van der Waals surface area contributed by atoms with E-state index in [1.165, 1.54) is 35.3 Å². The van der Waals surface area contributed by atoms with Crippen LogP contribution in [0.25, 0.3) is 21.3 Å². The van der Waals surface area contributed by atoms with Crippen molar-refractivity contribution in [1.82, 2.24) is 19.3 Å². The van der Waals surface area contributed by atoms with Crippen LogP contribution in [0.1, 0.15) is 24.8 Å². The summed E-state index contributed by atoms with van der Waals surface area (Å²) in [4.78, 5) is 21.7. The van der Waals surface area contributed by atoms with E-state index in [0.717, 1.165) is 9.71 Å². The van der Waals surface area contributed by atoms with Gasteiger partial charge in [-0.2, -0.15) is 5.10 Å². The van der Waals surface area contributed by atoms with Crippen molar-refractivity contribution in [3.8, 4) is 0 Å². The molecule has 0 radical (unpaired) electrons. The Kier molecular flexibility index (Phi) is 7.32. The summed E-state index contributed by atoms with van der Waals surface area (Å²) in [5.74, 6) is -0.321. The van der Waals surface area contributed by atoms with Crippen LogP contribution in [-0.2, 0) is 20.0 Å². The van der Waals surface area contributed by atoms with Crippen LogP contribution in [-0.4, -0.2) is 38.8 Å². The number of aromatic nitrogens is 4. The van der Waals surface area contributed by atoms with Crippen LogP contribution < -0.4 is 11.3 Å². The molecule has 3 rings (SSSR count). The lowest BCUT2D eigenvalue weighted by atomic mass is 10.1. The molecule has 166 valence electrons. The lowest BCUT2D eigenvalue weighted by Crippen LogP contribution is -2.27. The van der Waals surface area contributed by atoms with E-state index in [4.69, 9.17) is 5.73 Å². The maximum absolute atomic E-state index is 14.4. The predicted octanol–water partition coefficient (Wildman–Crippen LogP) is 3.67. The highest BCUT2D eigenvalue weighted by atomic mass is 32.1. The van der Waals surface area contributed by atoms with Gasteiger partial charge in [0.2, 0.25) is 0 Å². The van der Waals surface area contributed by atoms with Gasteiger partial charge in [-0.3, -0.25) is 14.2 Å². The predicted molar refractivity (Wildman–Crippen MR) is 122 cm³/mol. The number of halogens is 2. The molecule has 0 aliphatic rings. The molecule has 0 saturated carbocycles. The summed E-state index contributed by atoms with van der Waals surface area (Å²) in [5, 5.41) is 5.86. The van der Waals surface area contributed by atoms with E-state index in [9.17, 15) is 13.6 Å².